The van der Waals surface area contributed by atoms with Gasteiger partial charge in [0.1, 0.15) is 0 Å². The summed E-state index contributed by atoms with van der Waals surface area (Å²) in [6.07, 6.45) is -2.94. The van der Waals surface area contributed by atoms with Crippen LogP contribution in [0.15, 0.2) is 24.3 Å². The maximum atomic E-state index is 12.5. The summed E-state index contributed by atoms with van der Waals surface area (Å²) in [5, 5.41) is 0. The number of nitrogens with zero attached hydrogens (tertiary/aromatic N) is 2. The van der Waals surface area contributed by atoms with E-state index in [1.54, 1.807) is 9.80 Å². The van der Waals surface area contributed by atoms with Crippen LogP contribution < -0.4 is 0 Å². The normalized spacial score (nSPS) is 16.0. The third kappa shape index (κ3) is 4.97. The summed E-state index contributed by atoms with van der Waals surface area (Å²) in [7, 11) is 0. The minimum Gasteiger partial charge on any atom is -0.341 e. The molecule has 1 fully saturated rings. The molecule has 2 amide bonds. The lowest BCUT2D eigenvalue weighted by atomic mass is 10.1. The fourth-order valence-electron chi connectivity index (χ4n) is 2.75. The van der Waals surface area contributed by atoms with E-state index in [1.165, 1.54) is 19.1 Å². The van der Waals surface area contributed by atoms with Gasteiger partial charge >= 0.3 is 6.18 Å². The van der Waals surface area contributed by atoms with Crippen molar-refractivity contribution < 1.29 is 22.8 Å². The van der Waals surface area contributed by atoms with Gasteiger partial charge in [0.05, 0.1) is 5.56 Å². The third-order valence-electron chi connectivity index (χ3n) is 4.20. The van der Waals surface area contributed by atoms with Crippen LogP contribution in [-0.2, 0) is 22.2 Å². The predicted molar refractivity (Wildman–Crippen MR) is 83.2 cm³/mol. The molecular weight excluding hydrogens is 321 g/mol. The van der Waals surface area contributed by atoms with Gasteiger partial charge in [-0.1, -0.05) is 12.1 Å². The van der Waals surface area contributed by atoms with E-state index < -0.39 is 11.7 Å². The minimum absolute atomic E-state index is 0.00838. The van der Waals surface area contributed by atoms with Gasteiger partial charge in [-0.2, -0.15) is 13.2 Å². The molecule has 2 rings (SSSR count). The van der Waals surface area contributed by atoms with Crippen LogP contribution in [0.3, 0.4) is 0 Å². The zero-order valence-corrected chi connectivity index (χ0v) is 13.6. The summed E-state index contributed by atoms with van der Waals surface area (Å²) in [6, 6.07) is 4.90. The molecule has 1 aliphatic heterocycles. The van der Waals surface area contributed by atoms with E-state index >= 15 is 0 Å². The van der Waals surface area contributed by atoms with Gasteiger partial charge in [0.15, 0.2) is 0 Å². The fourth-order valence-corrected chi connectivity index (χ4v) is 2.75. The average Bonchev–Trinajstić information content (AvgIpc) is 2.78. The van der Waals surface area contributed by atoms with Crippen molar-refractivity contribution in [2.45, 2.75) is 32.4 Å². The van der Waals surface area contributed by atoms with Gasteiger partial charge in [0.2, 0.25) is 11.8 Å². The topological polar surface area (TPSA) is 40.6 Å². The summed E-state index contributed by atoms with van der Waals surface area (Å²) in [5.74, 6) is -0.0191. The lowest BCUT2D eigenvalue weighted by Crippen LogP contribution is -2.36. The highest BCUT2D eigenvalue weighted by atomic mass is 19.4. The van der Waals surface area contributed by atoms with Crippen molar-refractivity contribution in [3.05, 3.63) is 35.4 Å². The number of carbonyl (C=O) groups excluding carboxylic acids is 2. The summed E-state index contributed by atoms with van der Waals surface area (Å²) >= 11 is 0. The fraction of sp³-hybridized carbons (Fsp3) is 0.529. The summed E-state index contributed by atoms with van der Waals surface area (Å²) < 4.78 is 37.5. The number of amides is 2. The van der Waals surface area contributed by atoms with E-state index in [0.717, 1.165) is 18.6 Å². The molecule has 0 unspecified atom stereocenters. The molecule has 1 heterocycles. The maximum absolute atomic E-state index is 12.5. The van der Waals surface area contributed by atoms with Crippen LogP contribution >= 0.6 is 0 Å². The number of halogens is 3. The zero-order chi connectivity index (χ0) is 17.7. The molecule has 0 aromatic heterocycles. The van der Waals surface area contributed by atoms with Crippen LogP contribution in [-0.4, -0.2) is 47.8 Å². The molecule has 1 saturated heterocycles. The smallest absolute Gasteiger partial charge is 0.341 e. The molecule has 0 radical (unpaired) electrons. The highest BCUT2D eigenvalue weighted by molar-refractivity contribution is 5.77. The van der Waals surface area contributed by atoms with E-state index in [4.69, 9.17) is 0 Å². The van der Waals surface area contributed by atoms with Crippen LogP contribution in [0, 0.1) is 0 Å². The number of carbonyl (C=O) groups is 2. The second-order valence-corrected chi connectivity index (χ2v) is 5.94. The van der Waals surface area contributed by atoms with Gasteiger partial charge in [-0.15, -0.1) is 0 Å². The number of rotatable bonds is 3. The van der Waals surface area contributed by atoms with Gasteiger partial charge in [-0.25, -0.2) is 0 Å². The summed E-state index contributed by atoms with van der Waals surface area (Å²) in [4.78, 5) is 27.1. The Hall–Kier alpha value is -2.05. The van der Waals surface area contributed by atoms with Crippen LogP contribution in [0.2, 0.25) is 0 Å². The largest absolute Gasteiger partial charge is 0.416 e. The first-order chi connectivity index (χ1) is 11.3. The molecule has 0 N–H and O–H groups in total. The van der Waals surface area contributed by atoms with E-state index in [9.17, 15) is 22.8 Å². The Morgan fingerprint density at radius 3 is 2.17 bits per heavy atom. The van der Waals surface area contributed by atoms with Crippen molar-refractivity contribution in [1.29, 1.82) is 0 Å². The highest BCUT2D eigenvalue weighted by Gasteiger charge is 2.30. The Balaban J connectivity index is 1.85. The van der Waals surface area contributed by atoms with Gasteiger partial charge in [-0.05, 0) is 30.5 Å². The second-order valence-electron chi connectivity index (χ2n) is 5.94. The highest BCUT2D eigenvalue weighted by Crippen LogP contribution is 2.29. The van der Waals surface area contributed by atoms with Crippen molar-refractivity contribution >= 4 is 11.8 Å². The Labute approximate surface area is 139 Å². The van der Waals surface area contributed by atoms with Crippen LogP contribution in [0.5, 0.6) is 0 Å². The number of hydrogen-bond donors (Lipinski definition) is 0. The van der Waals surface area contributed by atoms with E-state index in [2.05, 4.69) is 0 Å². The second kappa shape index (κ2) is 7.68. The van der Waals surface area contributed by atoms with Crippen LogP contribution in [0.25, 0.3) is 0 Å². The molecule has 0 atom stereocenters. The van der Waals surface area contributed by atoms with Crippen molar-refractivity contribution in [2.75, 3.05) is 26.2 Å². The molecule has 1 aromatic rings. The van der Waals surface area contributed by atoms with Gasteiger partial charge in [-0.3, -0.25) is 9.59 Å². The Bertz CT molecular complexity index is 584. The predicted octanol–water partition coefficient (Wildman–Crippen LogP) is 2.72. The quantitative estimate of drug-likeness (QED) is 0.847. The number of alkyl halides is 3. The first-order valence-electron chi connectivity index (χ1n) is 7.97. The molecule has 1 aliphatic rings. The lowest BCUT2D eigenvalue weighted by Gasteiger charge is -2.21. The van der Waals surface area contributed by atoms with E-state index in [-0.39, 0.29) is 18.2 Å². The van der Waals surface area contributed by atoms with Crippen LogP contribution in [0.4, 0.5) is 13.2 Å². The average molecular weight is 342 g/mol. The summed E-state index contributed by atoms with van der Waals surface area (Å²) in [6.45, 7) is 3.81. The monoisotopic (exact) mass is 342 g/mol. The van der Waals surface area contributed by atoms with Crippen molar-refractivity contribution in [1.82, 2.24) is 9.80 Å². The number of aryl methyl sites for hydroxylation is 1. The number of benzene rings is 1. The molecule has 0 aliphatic carbocycles. The molecule has 24 heavy (non-hydrogen) atoms. The standard InChI is InChI=1S/C17H21F3N2O2/c1-13(23)21-9-2-10-22(12-11-21)16(24)8-5-14-3-6-15(7-4-14)17(18,19)20/h3-4,6-7H,2,5,8-12H2,1H3. The molecule has 7 heteroatoms. The zero-order valence-electron chi connectivity index (χ0n) is 13.6. The van der Waals surface area contributed by atoms with Gasteiger partial charge in [0, 0.05) is 39.5 Å². The SMILES string of the molecule is CC(=O)N1CCCN(C(=O)CCc2ccc(C(F)(F)F)cc2)CC1. The van der Waals surface area contributed by atoms with E-state index in [0.29, 0.717) is 38.2 Å². The third-order valence-corrected chi connectivity index (χ3v) is 4.20. The molecule has 4 nitrogen and oxygen atoms in total. The maximum Gasteiger partial charge on any atom is 0.416 e. The molecule has 132 valence electrons. The van der Waals surface area contributed by atoms with Crippen molar-refractivity contribution in [3.8, 4) is 0 Å². The summed E-state index contributed by atoms with van der Waals surface area (Å²) in [5.41, 5.74) is 0.0194. The molecule has 0 spiro atoms. The molecular formula is C17H21F3N2O2. The Kier molecular flexibility index (Phi) is 5.85. The first-order valence-corrected chi connectivity index (χ1v) is 7.97. The molecule has 0 saturated carbocycles. The Morgan fingerprint density at radius 2 is 1.58 bits per heavy atom. The molecule has 1 aromatic carbocycles. The first kappa shape index (κ1) is 18.3. The minimum atomic E-state index is -4.34. The van der Waals surface area contributed by atoms with Crippen molar-refractivity contribution in [2.24, 2.45) is 0 Å². The van der Waals surface area contributed by atoms with Crippen LogP contribution in [0.1, 0.15) is 30.9 Å². The molecule has 0 bridgehead atoms. The van der Waals surface area contributed by atoms with Gasteiger partial charge < -0.3 is 9.80 Å². The number of hydrogen-bond acceptors (Lipinski definition) is 2. The van der Waals surface area contributed by atoms with Gasteiger partial charge in [0.25, 0.3) is 0 Å². The van der Waals surface area contributed by atoms with E-state index in [1.807, 2.05) is 0 Å². The Morgan fingerprint density at radius 1 is 1.00 bits per heavy atom. The van der Waals surface area contributed by atoms with Crippen molar-refractivity contribution in [3.63, 3.8) is 0 Å². The lowest BCUT2D eigenvalue weighted by molar-refractivity contribution is -0.137.